The SMILES string of the molecule is CCCCCCCCCCCCCCCCOC(=O)C(CCCC)NC(=O)OCCCC. The fraction of sp³-hybridized carbons (Fsp3) is 0.926. The Morgan fingerprint density at radius 2 is 1.00 bits per heavy atom. The number of alkyl carbamates (subject to hydrolysis) is 1. The predicted molar refractivity (Wildman–Crippen MR) is 134 cm³/mol. The lowest BCUT2D eigenvalue weighted by Crippen LogP contribution is -2.42. The summed E-state index contributed by atoms with van der Waals surface area (Å²) >= 11 is 0. The first kappa shape index (κ1) is 30.7. The van der Waals surface area contributed by atoms with Gasteiger partial charge in [-0.25, -0.2) is 9.59 Å². The second kappa shape index (κ2) is 24.4. The molecule has 0 spiro atoms. The van der Waals surface area contributed by atoms with E-state index in [9.17, 15) is 9.59 Å². The highest BCUT2D eigenvalue weighted by atomic mass is 16.6. The summed E-state index contributed by atoms with van der Waals surface area (Å²) in [4.78, 5) is 24.2. The van der Waals surface area contributed by atoms with Crippen molar-refractivity contribution < 1.29 is 19.1 Å². The first-order valence-electron chi connectivity index (χ1n) is 13.8. The van der Waals surface area contributed by atoms with Crippen molar-refractivity contribution in [2.45, 2.75) is 149 Å². The van der Waals surface area contributed by atoms with Gasteiger partial charge in [0.1, 0.15) is 6.04 Å². The van der Waals surface area contributed by atoms with Gasteiger partial charge in [0.2, 0.25) is 0 Å². The van der Waals surface area contributed by atoms with Crippen LogP contribution >= 0.6 is 0 Å². The maximum atomic E-state index is 12.4. The van der Waals surface area contributed by atoms with Crippen molar-refractivity contribution in [1.29, 1.82) is 0 Å². The minimum Gasteiger partial charge on any atom is -0.464 e. The lowest BCUT2D eigenvalue weighted by molar-refractivity contribution is -0.146. The van der Waals surface area contributed by atoms with E-state index in [0.717, 1.165) is 38.5 Å². The molecule has 1 atom stereocenters. The second-order valence-corrected chi connectivity index (χ2v) is 9.09. The number of nitrogens with one attached hydrogen (secondary N) is 1. The number of carbonyl (C=O) groups excluding carboxylic acids is 2. The maximum absolute atomic E-state index is 12.4. The van der Waals surface area contributed by atoms with Crippen LogP contribution in [-0.4, -0.2) is 31.3 Å². The third-order valence-corrected chi connectivity index (χ3v) is 5.90. The molecule has 1 amide bonds. The van der Waals surface area contributed by atoms with Crippen LogP contribution in [0.3, 0.4) is 0 Å². The Morgan fingerprint density at radius 3 is 1.50 bits per heavy atom. The van der Waals surface area contributed by atoms with E-state index >= 15 is 0 Å². The van der Waals surface area contributed by atoms with Gasteiger partial charge in [0.15, 0.2) is 0 Å². The molecule has 0 aromatic heterocycles. The Morgan fingerprint density at radius 1 is 0.562 bits per heavy atom. The molecular weight excluding hydrogens is 402 g/mol. The molecule has 1 unspecified atom stereocenters. The van der Waals surface area contributed by atoms with E-state index in [2.05, 4.69) is 19.2 Å². The molecule has 1 N–H and O–H groups in total. The fourth-order valence-electron chi connectivity index (χ4n) is 3.72. The highest BCUT2D eigenvalue weighted by Crippen LogP contribution is 2.13. The van der Waals surface area contributed by atoms with Gasteiger partial charge < -0.3 is 14.8 Å². The molecule has 5 heteroatoms. The predicted octanol–water partition coefficient (Wildman–Crippen LogP) is 8.10. The number of rotatable bonds is 23. The van der Waals surface area contributed by atoms with Gasteiger partial charge in [0.25, 0.3) is 0 Å². The van der Waals surface area contributed by atoms with E-state index in [-0.39, 0.29) is 5.97 Å². The molecule has 0 radical (unpaired) electrons. The Balaban J connectivity index is 3.68. The van der Waals surface area contributed by atoms with E-state index < -0.39 is 12.1 Å². The smallest absolute Gasteiger partial charge is 0.407 e. The minimum atomic E-state index is -0.601. The molecule has 0 heterocycles. The molecule has 0 aromatic carbocycles. The van der Waals surface area contributed by atoms with E-state index in [1.54, 1.807) is 0 Å². The number of hydrogen-bond donors (Lipinski definition) is 1. The lowest BCUT2D eigenvalue weighted by Gasteiger charge is -2.17. The maximum Gasteiger partial charge on any atom is 0.407 e. The Labute approximate surface area is 198 Å². The van der Waals surface area contributed by atoms with E-state index in [1.165, 1.54) is 77.0 Å². The third-order valence-electron chi connectivity index (χ3n) is 5.90. The van der Waals surface area contributed by atoms with Crippen LogP contribution < -0.4 is 5.32 Å². The topological polar surface area (TPSA) is 64.6 Å². The second-order valence-electron chi connectivity index (χ2n) is 9.09. The number of carbonyl (C=O) groups is 2. The first-order valence-corrected chi connectivity index (χ1v) is 13.8. The number of esters is 1. The van der Waals surface area contributed by atoms with Crippen LogP contribution in [0.4, 0.5) is 4.79 Å². The molecule has 0 aromatic rings. The molecule has 0 aliphatic carbocycles. The molecule has 0 saturated carbocycles. The Bertz CT molecular complexity index is 428. The van der Waals surface area contributed by atoms with Crippen molar-refractivity contribution in [2.75, 3.05) is 13.2 Å². The van der Waals surface area contributed by atoms with Crippen molar-refractivity contribution in [3.05, 3.63) is 0 Å². The number of hydrogen-bond acceptors (Lipinski definition) is 4. The van der Waals surface area contributed by atoms with E-state index in [1.807, 2.05) is 6.92 Å². The average molecular weight is 456 g/mol. The van der Waals surface area contributed by atoms with Gasteiger partial charge in [-0.3, -0.25) is 0 Å². The quantitative estimate of drug-likeness (QED) is 0.125. The third kappa shape index (κ3) is 20.6. The minimum absolute atomic E-state index is 0.333. The average Bonchev–Trinajstić information content (AvgIpc) is 2.79. The van der Waals surface area contributed by atoms with Crippen LogP contribution in [0.1, 0.15) is 143 Å². The summed E-state index contributed by atoms with van der Waals surface area (Å²) in [5.74, 6) is -0.333. The van der Waals surface area contributed by atoms with Crippen LogP contribution in [0.5, 0.6) is 0 Å². The van der Waals surface area contributed by atoms with Crippen molar-refractivity contribution >= 4 is 12.1 Å². The fourth-order valence-corrected chi connectivity index (χ4v) is 3.72. The summed E-state index contributed by atoms with van der Waals surface area (Å²) in [6.45, 7) is 7.20. The highest BCUT2D eigenvalue weighted by molar-refractivity contribution is 5.81. The largest absolute Gasteiger partial charge is 0.464 e. The van der Waals surface area contributed by atoms with Crippen LogP contribution in [-0.2, 0) is 14.3 Å². The molecule has 0 rings (SSSR count). The summed E-state index contributed by atoms with van der Waals surface area (Å²) < 4.78 is 10.5. The zero-order chi connectivity index (χ0) is 23.7. The standard InChI is InChI=1S/C27H53NO4/c1-4-7-10-11-12-13-14-15-16-17-18-19-20-21-24-31-26(29)25(22-8-5-2)28-27(30)32-23-9-6-3/h25H,4-24H2,1-3H3,(H,28,30). The van der Waals surface area contributed by atoms with Crippen molar-refractivity contribution in [3.63, 3.8) is 0 Å². The van der Waals surface area contributed by atoms with Crippen molar-refractivity contribution in [3.8, 4) is 0 Å². The van der Waals surface area contributed by atoms with Crippen LogP contribution in [0.25, 0.3) is 0 Å². The molecule has 32 heavy (non-hydrogen) atoms. The van der Waals surface area contributed by atoms with Crippen molar-refractivity contribution in [2.24, 2.45) is 0 Å². The molecule has 0 fully saturated rings. The monoisotopic (exact) mass is 455 g/mol. The Hall–Kier alpha value is -1.26. The van der Waals surface area contributed by atoms with E-state index in [0.29, 0.717) is 19.6 Å². The Kier molecular flexibility index (Phi) is 23.4. The molecular formula is C27H53NO4. The zero-order valence-electron chi connectivity index (χ0n) is 21.6. The summed E-state index contributed by atoms with van der Waals surface area (Å²) in [6.07, 6.45) is 22.0. The van der Waals surface area contributed by atoms with Gasteiger partial charge in [-0.1, -0.05) is 124 Å². The number of unbranched alkanes of at least 4 members (excludes halogenated alkanes) is 15. The molecule has 0 bridgehead atoms. The van der Waals surface area contributed by atoms with Crippen LogP contribution in [0.2, 0.25) is 0 Å². The summed E-state index contributed by atoms with van der Waals surface area (Å²) in [5, 5.41) is 2.68. The number of ether oxygens (including phenoxy) is 2. The summed E-state index contributed by atoms with van der Waals surface area (Å²) in [7, 11) is 0. The zero-order valence-corrected chi connectivity index (χ0v) is 21.6. The van der Waals surface area contributed by atoms with Crippen LogP contribution in [0, 0.1) is 0 Å². The molecule has 0 saturated heterocycles. The van der Waals surface area contributed by atoms with Gasteiger partial charge in [0.05, 0.1) is 13.2 Å². The van der Waals surface area contributed by atoms with Gasteiger partial charge >= 0.3 is 12.1 Å². The van der Waals surface area contributed by atoms with Gasteiger partial charge in [-0.15, -0.1) is 0 Å². The summed E-state index contributed by atoms with van der Waals surface area (Å²) in [6, 6.07) is -0.601. The molecule has 0 aliphatic rings. The molecule has 190 valence electrons. The van der Waals surface area contributed by atoms with E-state index in [4.69, 9.17) is 9.47 Å². The van der Waals surface area contributed by atoms with Gasteiger partial charge in [0, 0.05) is 0 Å². The van der Waals surface area contributed by atoms with Gasteiger partial charge in [-0.05, 0) is 19.3 Å². The summed E-state index contributed by atoms with van der Waals surface area (Å²) in [5.41, 5.74) is 0. The van der Waals surface area contributed by atoms with Gasteiger partial charge in [-0.2, -0.15) is 0 Å². The normalized spacial score (nSPS) is 11.8. The molecule has 5 nitrogen and oxygen atoms in total. The first-order chi connectivity index (χ1) is 15.7. The van der Waals surface area contributed by atoms with Crippen molar-refractivity contribution in [1.82, 2.24) is 5.32 Å². The highest BCUT2D eigenvalue weighted by Gasteiger charge is 2.22. The lowest BCUT2D eigenvalue weighted by atomic mass is 10.0. The molecule has 0 aliphatic heterocycles. The van der Waals surface area contributed by atoms with Crippen LogP contribution in [0.15, 0.2) is 0 Å². The number of amides is 1.